The first kappa shape index (κ1) is 18.9. The van der Waals surface area contributed by atoms with Crippen molar-refractivity contribution in [3.8, 4) is 5.75 Å². The maximum Gasteiger partial charge on any atom is 0.417 e. The van der Waals surface area contributed by atoms with Crippen molar-refractivity contribution in [3.05, 3.63) is 42.1 Å². The maximum atomic E-state index is 12.8. The molecule has 0 aliphatic rings. The highest BCUT2D eigenvalue weighted by molar-refractivity contribution is 5.70. The van der Waals surface area contributed by atoms with Gasteiger partial charge in [-0.2, -0.15) is 13.2 Å². The molecule has 1 heterocycles. The summed E-state index contributed by atoms with van der Waals surface area (Å²) in [7, 11) is 0. The summed E-state index contributed by atoms with van der Waals surface area (Å²) in [6.07, 6.45) is 0.757. The Morgan fingerprint density at radius 3 is 2.48 bits per heavy atom. The number of aromatic nitrogens is 1. The lowest BCUT2D eigenvalue weighted by Crippen LogP contribution is -2.08. The minimum Gasteiger partial charge on any atom is -0.494 e. The number of nitrogens with zero attached hydrogens (tertiary/aromatic N) is 1. The van der Waals surface area contributed by atoms with Crippen LogP contribution < -0.4 is 15.8 Å². The monoisotopic (exact) mass is 353 g/mol. The van der Waals surface area contributed by atoms with Crippen LogP contribution in [-0.2, 0) is 6.18 Å². The first-order chi connectivity index (χ1) is 11.9. The molecule has 0 atom stereocenters. The van der Waals surface area contributed by atoms with Gasteiger partial charge in [-0.25, -0.2) is 4.98 Å². The van der Waals surface area contributed by atoms with Gasteiger partial charge in [0.1, 0.15) is 11.6 Å². The van der Waals surface area contributed by atoms with Crippen molar-refractivity contribution in [2.45, 2.75) is 38.8 Å². The molecule has 0 aliphatic carbocycles. The van der Waals surface area contributed by atoms with Gasteiger partial charge in [0.25, 0.3) is 0 Å². The number of nitrogen functional groups attached to an aromatic ring is 1. The van der Waals surface area contributed by atoms with Crippen LogP contribution in [0.2, 0.25) is 0 Å². The lowest BCUT2D eigenvalue weighted by molar-refractivity contribution is -0.137. The van der Waals surface area contributed by atoms with Crippen molar-refractivity contribution in [2.24, 2.45) is 0 Å². The van der Waals surface area contributed by atoms with E-state index in [2.05, 4.69) is 17.2 Å². The number of alkyl halides is 3. The normalized spacial score (nSPS) is 11.4. The third kappa shape index (κ3) is 5.85. The van der Waals surface area contributed by atoms with Gasteiger partial charge >= 0.3 is 6.18 Å². The highest BCUT2D eigenvalue weighted by atomic mass is 19.4. The van der Waals surface area contributed by atoms with Crippen molar-refractivity contribution in [2.75, 3.05) is 17.7 Å². The van der Waals surface area contributed by atoms with Crippen molar-refractivity contribution in [3.63, 3.8) is 0 Å². The first-order valence-corrected chi connectivity index (χ1v) is 8.22. The lowest BCUT2D eigenvalue weighted by atomic mass is 10.2. The fourth-order valence-electron chi connectivity index (χ4n) is 2.24. The Kier molecular flexibility index (Phi) is 6.50. The third-order valence-electron chi connectivity index (χ3n) is 3.65. The van der Waals surface area contributed by atoms with Crippen molar-refractivity contribution in [1.82, 2.24) is 4.98 Å². The van der Waals surface area contributed by atoms with E-state index in [1.54, 1.807) is 24.3 Å². The van der Waals surface area contributed by atoms with E-state index in [-0.39, 0.29) is 11.5 Å². The zero-order valence-electron chi connectivity index (χ0n) is 14.1. The summed E-state index contributed by atoms with van der Waals surface area (Å²) >= 11 is 0. The van der Waals surface area contributed by atoms with E-state index in [1.807, 2.05) is 0 Å². The number of unbranched alkanes of at least 4 members (excludes halogenated alkanes) is 3. The van der Waals surface area contributed by atoms with Crippen LogP contribution in [0.25, 0.3) is 0 Å². The Balaban J connectivity index is 1.97. The van der Waals surface area contributed by atoms with Crippen molar-refractivity contribution in [1.29, 1.82) is 0 Å². The fraction of sp³-hybridized carbons (Fsp3) is 0.389. The predicted molar refractivity (Wildman–Crippen MR) is 93.0 cm³/mol. The average Bonchev–Trinajstić information content (AvgIpc) is 2.57. The van der Waals surface area contributed by atoms with Crippen molar-refractivity contribution < 1.29 is 17.9 Å². The minimum atomic E-state index is -4.47. The van der Waals surface area contributed by atoms with E-state index in [4.69, 9.17) is 10.5 Å². The van der Waals surface area contributed by atoms with Crippen LogP contribution in [0.15, 0.2) is 36.5 Å². The van der Waals surface area contributed by atoms with Crippen LogP contribution in [0.1, 0.15) is 38.2 Å². The number of anilines is 3. The number of hydrogen-bond acceptors (Lipinski definition) is 4. The number of rotatable bonds is 8. The second-order valence-electron chi connectivity index (χ2n) is 5.71. The van der Waals surface area contributed by atoms with Crippen LogP contribution in [0.5, 0.6) is 5.75 Å². The standard InChI is InChI=1S/C18H22F3N3O/c1-2-3-4-5-10-25-15-8-6-14(7-9-15)24-16-11-13(18(19,20)21)12-23-17(16)22/h6-9,11-12,24H,2-5,10H2,1H3,(H2,22,23). The Morgan fingerprint density at radius 1 is 1.12 bits per heavy atom. The number of pyridine rings is 1. The Hall–Kier alpha value is -2.44. The SMILES string of the molecule is CCCCCCOc1ccc(Nc2cc(C(F)(F)F)cnc2N)cc1. The molecule has 0 saturated heterocycles. The van der Waals surface area contributed by atoms with Gasteiger partial charge in [-0.1, -0.05) is 26.2 Å². The lowest BCUT2D eigenvalue weighted by Gasteiger charge is -2.13. The number of halogens is 3. The molecule has 0 fully saturated rings. The van der Waals surface area contributed by atoms with Gasteiger partial charge in [0, 0.05) is 11.9 Å². The van der Waals surface area contributed by atoms with Gasteiger partial charge in [-0.15, -0.1) is 0 Å². The number of nitrogens with two attached hydrogens (primary N) is 1. The van der Waals surface area contributed by atoms with Crippen molar-refractivity contribution >= 4 is 17.2 Å². The van der Waals surface area contributed by atoms with E-state index in [0.717, 1.165) is 30.9 Å². The van der Waals surface area contributed by atoms with Gasteiger partial charge in [0.05, 0.1) is 17.9 Å². The summed E-state index contributed by atoms with van der Waals surface area (Å²) in [5, 5.41) is 2.85. The highest BCUT2D eigenvalue weighted by Gasteiger charge is 2.31. The summed E-state index contributed by atoms with van der Waals surface area (Å²) in [5.41, 5.74) is 5.52. The van der Waals surface area contributed by atoms with Crippen LogP contribution in [-0.4, -0.2) is 11.6 Å². The Bertz CT molecular complexity index is 672. The molecule has 25 heavy (non-hydrogen) atoms. The number of benzene rings is 1. The van der Waals surface area contributed by atoms with Crippen LogP contribution >= 0.6 is 0 Å². The molecular weight excluding hydrogens is 331 g/mol. The van der Waals surface area contributed by atoms with Crippen LogP contribution in [0, 0.1) is 0 Å². The molecule has 136 valence electrons. The summed E-state index contributed by atoms with van der Waals surface area (Å²) < 4.78 is 43.9. The number of nitrogens with one attached hydrogen (secondary N) is 1. The Labute approximate surface area is 145 Å². The van der Waals surface area contributed by atoms with Gasteiger partial charge in [-0.05, 0) is 36.8 Å². The summed E-state index contributed by atoms with van der Waals surface area (Å²) in [6, 6.07) is 7.92. The van der Waals surface area contributed by atoms with Gasteiger partial charge in [-0.3, -0.25) is 0 Å². The molecule has 0 spiro atoms. The second-order valence-corrected chi connectivity index (χ2v) is 5.71. The molecular formula is C18H22F3N3O. The molecule has 3 N–H and O–H groups in total. The second kappa shape index (κ2) is 8.60. The summed E-state index contributed by atoms with van der Waals surface area (Å²) in [5.74, 6) is 0.724. The fourth-order valence-corrected chi connectivity index (χ4v) is 2.24. The molecule has 0 radical (unpaired) electrons. The molecule has 4 nitrogen and oxygen atoms in total. The average molecular weight is 353 g/mol. The molecule has 0 aliphatic heterocycles. The Morgan fingerprint density at radius 2 is 1.84 bits per heavy atom. The molecule has 1 aromatic carbocycles. The van der Waals surface area contributed by atoms with E-state index >= 15 is 0 Å². The molecule has 2 aromatic rings. The zero-order chi connectivity index (χ0) is 18.3. The molecule has 0 bridgehead atoms. The summed E-state index contributed by atoms with van der Waals surface area (Å²) in [4.78, 5) is 3.59. The molecule has 2 rings (SSSR count). The largest absolute Gasteiger partial charge is 0.494 e. The van der Waals surface area contributed by atoms with Gasteiger partial charge < -0.3 is 15.8 Å². The highest BCUT2D eigenvalue weighted by Crippen LogP contribution is 2.33. The zero-order valence-corrected chi connectivity index (χ0v) is 14.1. The molecule has 0 unspecified atom stereocenters. The molecule has 0 saturated carbocycles. The van der Waals surface area contributed by atoms with E-state index in [9.17, 15) is 13.2 Å². The quantitative estimate of drug-likeness (QED) is 0.625. The topological polar surface area (TPSA) is 60.2 Å². The van der Waals surface area contributed by atoms with E-state index in [1.165, 1.54) is 12.8 Å². The smallest absolute Gasteiger partial charge is 0.417 e. The molecule has 1 aromatic heterocycles. The number of hydrogen-bond donors (Lipinski definition) is 2. The van der Waals surface area contributed by atoms with Crippen LogP contribution in [0.3, 0.4) is 0 Å². The van der Waals surface area contributed by atoms with Gasteiger partial charge in [0.15, 0.2) is 0 Å². The van der Waals surface area contributed by atoms with E-state index in [0.29, 0.717) is 12.3 Å². The predicted octanol–water partition coefficient (Wildman–Crippen LogP) is 5.39. The maximum absolute atomic E-state index is 12.8. The molecule has 0 amide bonds. The first-order valence-electron chi connectivity index (χ1n) is 8.22. The number of ether oxygens (including phenoxy) is 1. The molecule has 7 heteroatoms. The van der Waals surface area contributed by atoms with E-state index < -0.39 is 11.7 Å². The third-order valence-corrected chi connectivity index (χ3v) is 3.65. The minimum absolute atomic E-state index is 0.00394. The van der Waals surface area contributed by atoms with Gasteiger partial charge in [0.2, 0.25) is 0 Å². The summed E-state index contributed by atoms with van der Waals surface area (Å²) in [6.45, 7) is 2.80. The van der Waals surface area contributed by atoms with Crippen LogP contribution in [0.4, 0.5) is 30.4 Å².